The van der Waals surface area contributed by atoms with E-state index in [1.807, 2.05) is 72.8 Å². The molecule has 3 aromatic heterocycles. The molecular weight excluding hydrogens is 685 g/mol. The summed E-state index contributed by atoms with van der Waals surface area (Å²) in [5, 5.41) is 4.70. The molecule has 0 aliphatic carbocycles. The van der Waals surface area contributed by atoms with Crippen LogP contribution >= 0.6 is 0 Å². The predicted octanol–water partition coefficient (Wildman–Crippen LogP) is 13.2. The maximum absolute atomic E-state index is 6.14. The van der Waals surface area contributed by atoms with Crippen molar-refractivity contribution in [2.24, 2.45) is 0 Å². The predicted molar refractivity (Wildman–Crippen MR) is 229 cm³/mol. The number of furan rings is 1. The zero-order chi connectivity index (χ0) is 37.0. The minimum atomic E-state index is 0.638. The second kappa shape index (κ2) is 13.0. The monoisotopic (exact) mass is 716 g/mol. The van der Waals surface area contributed by atoms with E-state index in [0.717, 1.165) is 72.1 Å². The Morgan fingerprint density at radius 1 is 0.304 bits per heavy atom. The molecule has 11 rings (SSSR count). The highest BCUT2D eigenvalue weighted by atomic mass is 16.3. The van der Waals surface area contributed by atoms with Crippen molar-refractivity contribution in [1.29, 1.82) is 0 Å². The van der Waals surface area contributed by atoms with Gasteiger partial charge in [0, 0.05) is 43.9 Å². The van der Waals surface area contributed by atoms with E-state index in [-0.39, 0.29) is 0 Å². The fourth-order valence-electron chi connectivity index (χ4n) is 7.91. The Kier molecular flexibility index (Phi) is 7.42. The zero-order valence-electron chi connectivity index (χ0n) is 30.2. The lowest BCUT2D eigenvalue weighted by molar-refractivity contribution is 0.669. The minimum Gasteiger partial charge on any atom is -0.456 e. The van der Waals surface area contributed by atoms with Gasteiger partial charge in [-0.1, -0.05) is 152 Å². The second-order valence-corrected chi connectivity index (χ2v) is 14.1. The standard InChI is InChI=1S/C51H32N4O/c1-3-12-34(13-4-1)49-52-50(35-14-5-2-6-15-35)54-51(53-49)36-24-22-33(23-25-36)37-16-11-17-40(30-37)55-45-20-9-7-18-41(45)42-28-26-39(32-46(42)55)38-27-29-48-44(31-38)43-19-8-10-21-47(43)56-48/h1-32H. The van der Waals surface area contributed by atoms with E-state index in [0.29, 0.717) is 17.5 Å². The quantitative estimate of drug-likeness (QED) is 0.172. The van der Waals surface area contributed by atoms with Crippen LogP contribution in [-0.4, -0.2) is 19.5 Å². The van der Waals surface area contributed by atoms with Crippen molar-refractivity contribution in [3.8, 4) is 62.1 Å². The molecule has 5 nitrogen and oxygen atoms in total. The molecule has 8 aromatic carbocycles. The maximum atomic E-state index is 6.14. The van der Waals surface area contributed by atoms with Crippen molar-refractivity contribution < 1.29 is 4.42 Å². The van der Waals surface area contributed by atoms with Gasteiger partial charge in [-0.05, 0) is 64.7 Å². The molecule has 3 heterocycles. The van der Waals surface area contributed by atoms with E-state index in [2.05, 4.69) is 126 Å². The lowest BCUT2D eigenvalue weighted by Gasteiger charge is -2.12. The summed E-state index contributed by atoms with van der Waals surface area (Å²) in [4.78, 5) is 14.7. The van der Waals surface area contributed by atoms with Gasteiger partial charge in [0.2, 0.25) is 0 Å². The van der Waals surface area contributed by atoms with Crippen molar-refractivity contribution in [2.45, 2.75) is 0 Å². The molecule has 0 amide bonds. The Bertz CT molecular complexity index is 3180. The Morgan fingerprint density at radius 3 is 1.54 bits per heavy atom. The van der Waals surface area contributed by atoms with Crippen LogP contribution in [-0.2, 0) is 0 Å². The van der Waals surface area contributed by atoms with Crippen LogP contribution in [0.25, 0.3) is 106 Å². The largest absolute Gasteiger partial charge is 0.456 e. The Morgan fingerprint density at radius 2 is 0.804 bits per heavy atom. The van der Waals surface area contributed by atoms with Crippen molar-refractivity contribution in [3.63, 3.8) is 0 Å². The van der Waals surface area contributed by atoms with Crippen LogP contribution < -0.4 is 0 Å². The topological polar surface area (TPSA) is 56.7 Å². The number of benzene rings is 8. The fraction of sp³-hybridized carbons (Fsp3) is 0. The Hall–Kier alpha value is -7.63. The van der Waals surface area contributed by atoms with Crippen molar-refractivity contribution in [2.75, 3.05) is 0 Å². The van der Waals surface area contributed by atoms with Gasteiger partial charge in [-0.25, -0.2) is 15.0 Å². The van der Waals surface area contributed by atoms with Crippen molar-refractivity contribution in [3.05, 3.63) is 194 Å². The van der Waals surface area contributed by atoms with Crippen LogP contribution in [0.15, 0.2) is 199 Å². The lowest BCUT2D eigenvalue weighted by Crippen LogP contribution is -2.00. The number of fused-ring (bicyclic) bond motifs is 6. The third-order valence-electron chi connectivity index (χ3n) is 10.7. The molecule has 0 N–H and O–H groups in total. The summed E-state index contributed by atoms with van der Waals surface area (Å²) in [6.07, 6.45) is 0. The first kappa shape index (κ1) is 31.9. The molecule has 0 atom stereocenters. The molecule has 0 fully saturated rings. The van der Waals surface area contributed by atoms with Gasteiger partial charge in [0.25, 0.3) is 0 Å². The molecule has 0 saturated carbocycles. The Balaban J connectivity index is 0.988. The van der Waals surface area contributed by atoms with Gasteiger partial charge in [0.1, 0.15) is 11.2 Å². The number of aromatic nitrogens is 4. The molecule has 11 aromatic rings. The summed E-state index contributed by atoms with van der Waals surface area (Å²) in [6, 6.07) is 67.7. The van der Waals surface area contributed by atoms with Crippen LogP contribution in [0, 0.1) is 0 Å². The van der Waals surface area contributed by atoms with Gasteiger partial charge in [0.15, 0.2) is 17.5 Å². The van der Waals surface area contributed by atoms with Gasteiger partial charge in [0.05, 0.1) is 11.0 Å². The van der Waals surface area contributed by atoms with Crippen LogP contribution in [0.3, 0.4) is 0 Å². The zero-order valence-corrected chi connectivity index (χ0v) is 30.2. The van der Waals surface area contributed by atoms with Gasteiger partial charge in [-0.2, -0.15) is 0 Å². The van der Waals surface area contributed by atoms with Crippen molar-refractivity contribution >= 4 is 43.7 Å². The number of rotatable bonds is 6. The smallest absolute Gasteiger partial charge is 0.164 e. The molecule has 0 radical (unpaired) electrons. The first-order valence-electron chi connectivity index (χ1n) is 18.8. The summed E-state index contributed by atoms with van der Waals surface area (Å²) >= 11 is 0. The van der Waals surface area contributed by atoms with E-state index >= 15 is 0 Å². The third kappa shape index (κ3) is 5.45. The van der Waals surface area contributed by atoms with Crippen molar-refractivity contribution in [1.82, 2.24) is 19.5 Å². The first-order valence-corrected chi connectivity index (χ1v) is 18.8. The molecule has 0 spiro atoms. The fourth-order valence-corrected chi connectivity index (χ4v) is 7.91. The summed E-state index contributed by atoms with van der Waals surface area (Å²) in [5.41, 5.74) is 12.6. The lowest BCUT2D eigenvalue weighted by atomic mass is 10.0. The summed E-state index contributed by atoms with van der Waals surface area (Å²) in [6.45, 7) is 0. The van der Waals surface area contributed by atoms with Crippen LogP contribution in [0.4, 0.5) is 0 Å². The Labute approximate surface area is 322 Å². The average molecular weight is 717 g/mol. The molecule has 56 heavy (non-hydrogen) atoms. The molecule has 0 unspecified atom stereocenters. The normalized spacial score (nSPS) is 11.6. The van der Waals surface area contributed by atoms with Gasteiger partial charge < -0.3 is 8.98 Å². The molecular formula is C51H32N4O. The van der Waals surface area contributed by atoms with Crippen LogP contribution in [0.1, 0.15) is 0 Å². The first-order chi connectivity index (χ1) is 27.7. The van der Waals surface area contributed by atoms with E-state index in [4.69, 9.17) is 19.4 Å². The van der Waals surface area contributed by atoms with E-state index in [1.54, 1.807) is 0 Å². The highest BCUT2D eigenvalue weighted by Gasteiger charge is 2.16. The molecule has 0 bridgehead atoms. The summed E-state index contributed by atoms with van der Waals surface area (Å²) in [7, 11) is 0. The summed E-state index contributed by atoms with van der Waals surface area (Å²) in [5.74, 6) is 1.94. The highest BCUT2D eigenvalue weighted by molar-refractivity contribution is 6.11. The third-order valence-corrected chi connectivity index (χ3v) is 10.7. The number of para-hydroxylation sites is 2. The summed E-state index contributed by atoms with van der Waals surface area (Å²) < 4.78 is 8.52. The minimum absolute atomic E-state index is 0.638. The highest BCUT2D eigenvalue weighted by Crippen LogP contribution is 2.38. The molecule has 0 aliphatic heterocycles. The van der Waals surface area contributed by atoms with E-state index in [1.165, 1.54) is 16.3 Å². The second-order valence-electron chi connectivity index (χ2n) is 14.1. The maximum Gasteiger partial charge on any atom is 0.164 e. The number of hydrogen-bond acceptors (Lipinski definition) is 4. The van der Waals surface area contributed by atoms with Gasteiger partial charge >= 0.3 is 0 Å². The SMILES string of the molecule is c1ccc(-c2nc(-c3ccccc3)nc(-c3ccc(-c4cccc(-n5c6ccccc6c6ccc(-c7ccc8oc9ccccc9c8c7)cc65)c4)cc3)n2)cc1. The van der Waals surface area contributed by atoms with Gasteiger partial charge in [-0.3, -0.25) is 0 Å². The van der Waals surface area contributed by atoms with Crippen LogP contribution in [0.2, 0.25) is 0 Å². The van der Waals surface area contributed by atoms with Gasteiger partial charge in [-0.15, -0.1) is 0 Å². The number of nitrogens with zero attached hydrogens (tertiary/aromatic N) is 4. The molecule has 0 aliphatic rings. The van der Waals surface area contributed by atoms with E-state index in [9.17, 15) is 0 Å². The number of hydrogen-bond donors (Lipinski definition) is 0. The van der Waals surface area contributed by atoms with Crippen LogP contribution in [0.5, 0.6) is 0 Å². The van der Waals surface area contributed by atoms with E-state index < -0.39 is 0 Å². The molecule has 262 valence electrons. The molecule has 0 saturated heterocycles. The molecule has 5 heteroatoms. The average Bonchev–Trinajstić information content (AvgIpc) is 3.82.